The van der Waals surface area contributed by atoms with Gasteiger partial charge in [-0.25, -0.2) is 4.79 Å². The molecular weight excluding hydrogens is 256 g/mol. The third-order valence-corrected chi connectivity index (χ3v) is 4.42. The Labute approximate surface area is 118 Å². The zero-order valence-corrected chi connectivity index (χ0v) is 11.7. The first-order valence-corrected chi connectivity index (χ1v) is 7.67. The third-order valence-electron chi connectivity index (χ3n) is 3.95. The maximum absolute atomic E-state index is 11.9. The van der Waals surface area contributed by atoms with E-state index in [1.807, 2.05) is 0 Å². The Morgan fingerprint density at radius 3 is 2.37 bits per heavy atom. The van der Waals surface area contributed by atoms with Gasteiger partial charge in [0.1, 0.15) is 0 Å². The molecule has 2 aliphatic carbocycles. The first kappa shape index (κ1) is 12.6. The van der Waals surface area contributed by atoms with E-state index in [4.69, 9.17) is 0 Å². The number of hydrogen-bond acceptors (Lipinski definition) is 2. The highest BCUT2D eigenvalue weighted by molar-refractivity contribution is 8.00. The maximum atomic E-state index is 11.9. The fourth-order valence-corrected chi connectivity index (χ4v) is 3.44. The zero-order chi connectivity index (χ0) is 13.2. The third kappa shape index (κ3) is 2.37. The highest BCUT2D eigenvalue weighted by atomic mass is 32.2. The van der Waals surface area contributed by atoms with Gasteiger partial charge in [-0.05, 0) is 78.1 Å². The number of rotatable bonds is 3. The molecular formula is C15H18N2OS. The lowest BCUT2D eigenvalue weighted by Gasteiger charge is -2.16. The smallest absolute Gasteiger partial charge is 0.307 e. The Morgan fingerprint density at radius 1 is 1.16 bits per heavy atom. The molecule has 0 aliphatic heterocycles. The van der Waals surface area contributed by atoms with Crippen molar-refractivity contribution < 1.29 is 4.79 Å². The summed E-state index contributed by atoms with van der Waals surface area (Å²) in [5.41, 5.74) is 6.68. The Bertz CT molecular complexity index is 507. The van der Waals surface area contributed by atoms with Gasteiger partial charge in [0.05, 0.1) is 0 Å². The summed E-state index contributed by atoms with van der Waals surface area (Å²) in [6, 6.07) is 2.21. The average Bonchev–Trinajstić information content (AvgIpc) is 3.04. The minimum Gasteiger partial charge on any atom is -0.307 e. The van der Waals surface area contributed by atoms with Gasteiger partial charge in [-0.1, -0.05) is 12.6 Å². The average molecular weight is 274 g/mol. The number of nitrogens with one attached hydrogen (secondary N) is 2. The number of aryl methyl sites for hydroxylation is 2. The second kappa shape index (κ2) is 5.29. The lowest BCUT2D eigenvalue weighted by atomic mass is 9.99. The first-order valence-electron chi connectivity index (χ1n) is 6.79. The Kier molecular flexibility index (Phi) is 3.51. The normalized spacial score (nSPS) is 15.8. The van der Waals surface area contributed by atoms with Crippen molar-refractivity contribution >= 4 is 23.7 Å². The van der Waals surface area contributed by atoms with Crippen LogP contribution in [0.3, 0.4) is 0 Å². The summed E-state index contributed by atoms with van der Waals surface area (Å²) >= 11 is 1.20. The molecule has 3 nitrogen and oxygen atoms in total. The topological polar surface area (TPSA) is 41.1 Å². The van der Waals surface area contributed by atoms with Crippen LogP contribution in [0.25, 0.3) is 0 Å². The zero-order valence-electron chi connectivity index (χ0n) is 10.9. The van der Waals surface area contributed by atoms with E-state index in [9.17, 15) is 4.79 Å². The summed E-state index contributed by atoms with van der Waals surface area (Å²) < 4.78 is 2.71. The van der Waals surface area contributed by atoms with E-state index in [-0.39, 0.29) is 6.03 Å². The number of hydrogen-bond donors (Lipinski definition) is 2. The lowest BCUT2D eigenvalue weighted by molar-refractivity contribution is 0.257. The van der Waals surface area contributed by atoms with Gasteiger partial charge in [0.25, 0.3) is 0 Å². The molecule has 0 radical (unpaired) electrons. The Balaban J connectivity index is 1.91. The molecule has 0 unspecified atom stereocenters. The lowest BCUT2D eigenvalue weighted by Crippen LogP contribution is -2.23. The summed E-state index contributed by atoms with van der Waals surface area (Å²) in [4.78, 5) is 11.9. The molecule has 0 saturated heterocycles. The quantitative estimate of drug-likeness (QED) is 0.827. The number of benzene rings is 1. The SMILES string of the molecule is C=CSNC(=O)Nc1c2c(cc3c1CCC3)CCC2. The van der Waals surface area contributed by atoms with Crippen LogP contribution >= 0.6 is 11.9 Å². The van der Waals surface area contributed by atoms with Crippen LogP contribution in [0, 0.1) is 0 Å². The van der Waals surface area contributed by atoms with E-state index in [0.29, 0.717) is 0 Å². The second-order valence-corrected chi connectivity index (χ2v) is 5.85. The predicted molar refractivity (Wildman–Crippen MR) is 80.4 cm³/mol. The molecule has 1 aromatic rings. The van der Waals surface area contributed by atoms with Crippen molar-refractivity contribution in [1.29, 1.82) is 0 Å². The van der Waals surface area contributed by atoms with Gasteiger partial charge in [0.15, 0.2) is 0 Å². The molecule has 19 heavy (non-hydrogen) atoms. The first-order chi connectivity index (χ1) is 9.29. The van der Waals surface area contributed by atoms with Gasteiger partial charge < -0.3 is 5.32 Å². The van der Waals surface area contributed by atoms with Crippen LogP contribution in [-0.4, -0.2) is 6.03 Å². The molecule has 2 amide bonds. The minimum absolute atomic E-state index is 0.153. The van der Waals surface area contributed by atoms with Crippen molar-refractivity contribution in [1.82, 2.24) is 4.72 Å². The molecule has 100 valence electrons. The fraction of sp³-hybridized carbons (Fsp3) is 0.400. The monoisotopic (exact) mass is 274 g/mol. The molecule has 0 bridgehead atoms. The number of carbonyl (C=O) groups is 1. The van der Waals surface area contributed by atoms with E-state index in [1.165, 1.54) is 47.0 Å². The van der Waals surface area contributed by atoms with E-state index in [0.717, 1.165) is 31.4 Å². The highest BCUT2D eigenvalue weighted by Crippen LogP contribution is 2.38. The van der Waals surface area contributed by atoms with Crippen LogP contribution in [0.15, 0.2) is 18.1 Å². The standard InChI is InChI=1S/C15H18N2OS/c1-2-19-17-15(18)16-14-12-7-3-5-10(12)9-11-6-4-8-13(11)14/h2,9H,1,3-8H2,(H2,16,17,18). The van der Waals surface area contributed by atoms with Crippen LogP contribution in [-0.2, 0) is 25.7 Å². The van der Waals surface area contributed by atoms with Crippen LogP contribution in [0.5, 0.6) is 0 Å². The molecule has 2 aliphatic rings. The predicted octanol–water partition coefficient (Wildman–Crippen LogP) is 3.58. The van der Waals surface area contributed by atoms with E-state index >= 15 is 0 Å². The van der Waals surface area contributed by atoms with Crippen molar-refractivity contribution in [3.05, 3.63) is 40.3 Å². The maximum Gasteiger partial charge on any atom is 0.329 e. The molecule has 3 rings (SSSR count). The molecule has 4 heteroatoms. The largest absolute Gasteiger partial charge is 0.329 e. The number of anilines is 1. The number of amides is 2. The van der Waals surface area contributed by atoms with Crippen molar-refractivity contribution in [2.24, 2.45) is 0 Å². The van der Waals surface area contributed by atoms with Crippen LogP contribution < -0.4 is 10.0 Å². The summed E-state index contributed by atoms with van der Waals surface area (Å²) in [5, 5.41) is 4.67. The summed E-state index contributed by atoms with van der Waals surface area (Å²) in [7, 11) is 0. The fourth-order valence-electron chi connectivity index (χ4n) is 3.20. The summed E-state index contributed by atoms with van der Waals surface area (Å²) in [6.45, 7) is 3.58. The molecule has 0 saturated carbocycles. The van der Waals surface area contributed by atoms with Crippen molar-refractivity contribution in [2.75, 3.05) is 5.32 Å². The molecule has 1 aromatic carbocycles. The van der Waals surface area contributed by atoms with Crippen molar-refractivity contribution in [3.8, 4) is 0 Å². The molecule has 0 aromatic heterocycles. The van der Waals surface area contributed by atoms with Crippen molar-refractivity contribution in [3.63, 3.8) is 0 Å². The van der Waals surface area contributed by atoms with Crippen molar-refractivity contribution in [2.45, 2.75) is 38.5 Å². The van der Waals surface area contributed by atoms with Crippen LogP contribution in [0.1, 0.15) is 35.1 Å². The molecule has 2 N–H and O–H groups in total. The van der Waals surface area contributed by atoms with Gasteiger partial charge in [0.2, 0.25) is 0 Å². The Hall–Kier alpha value is -1.42. The van der Waals surface area contributed by atoms with Gasteiger partial charge in [-0.2, -0.15) is 0 Å². The van der Waals surface area contributed by atoms with Gasteiger partial charge in [-0.15, -0.1) is 0 Å². The molecule has 0 spiro atoms. The second-order valence-electron chi connectivity index (χ2n) is 5.07. The Morgan fingerprint density at radius 2 is 1.79 bits per heavy atom. The van der Waals surface area contributed by atoms with E-state index < -0.39 is 0 Å². The molecule has 0 heterocycles. The van der Waals surface area contributed by atoms with Gasteiger partial charge in [-0.3, -0.25) is 4.72 Å². The molecule has 0 atom stereocenters. The van der Waals surface area contributed by atoms with Gasteiger partial charge >= 0.3 is 6.03 Å². The number of fused-ring (bicyclic) bond motifs is 2. The highest BCUT2D eigenvalue weighted by Gasteiger charge is 2.24. The number of urea groups is 1. The summed E-state index contributed by atoms with van der Waals surface area (Å²) in [5.74, 6) is 0. The number of carbonyl (C=O) groups excluding carboxylic acids is 1. The minimum atomic E-state index is -0.153. The van der Waals surface area contributed by atoms with Crippen LogP contribution in [0.4, 0.5) is 10.5 Å². The van der Waals surface area contributed by atoms with Crippen LogP contribution in [0.2, 0.25) is 0 Å². The summed E-state index contributed by atoms with van der Waals surface area (Å²) in [6.07, 6.45) is 6.90. The molecule has 0 fully saturated rings. The van der Waals surface area contributed by atoms with Gasteiger partial charge in [0, 0.05) is 5.69 Å². The van der Waals surface area contributed by atoms with E-state index in [1.54, 1.807) is 5.41 Å². The van der Waals surface area contributed by atoms with E-state index in [2.05, 4.69) is 22.7 Å².